The lowest BCUT2D eigenvalue weighted by atomic mass is 9.88. The van der Waals surface area contributed by atoms with E-state index in [0.29, 0.717) is 42.9 Å². The van der Waals surface area contributed by atoms with Crippen LogP contribution in [0.1, 0.15) is 94.7 Å². The van der Waals surface area contributed by atoms with Crippen LogP contribution in [0.5, 0.6) is 0 Å². The second kappa shape index (κ2) is 34.3. The molecule has 0 aliphatic heterocycles. The minimum Gasteiger partial charge on any atom is -0.384 e. The molecule has 390 valence electrons. The van der Waals surface area contributed by atoms with Crippen LogP contribution in [-0.4, -0.2) is 36.7 Å². The lowest BCUT2D eigenvalue weighted by Crippen LogP contribution is -2.01. The summed E-state index contributed by atoms with van der Waals surface area (Å²) >= 11 is 26.3. The molecule has 0 heterocycles. The van der Waals surface area contributed by atoms with Gasteiger partial charge < -0.3 is 9.67 Å². The van der Waals surface area contributed by atoms with E-state index in [2.05, 4.69) is 28.9 Å². The highest BCUT2D eigenvalue weighted by molar-refractivity contribution is 9.10. The zero-order chi connectivity index (χ0) is 53.9. The molecule has 0 aliphatic rings. The van der Waals surface area contributed by atoms with Crippen molar-refractivity contribution in [2.45, 2.75) is 46.1 Å². The Labute approximate surface area is 461 Å². The maximum atomic E-state index is 13.3. The topological polar surface area (TPSA) is 71.4 Å². The number of rotatable bonds is 10. The number of carbonyl (C=O) groups is 2. The van der Waals surface area contributed by atoms with Crippen LogP contribution in [-0.2, 0) is 4.57 Å². The molecule has 0 fully saturated rings. The average molecular weight is 1170 g/mol. The Bertz CT molecular complexity index is 2870. The Morgan fingerprint density at radius 3 is 1.31 bits per heavy atom. The van der Waals surface area contributed by atoms with E-state index >= 15 is 0 Å². The van der Waals surface area contributed by atoms with Gasteiger partial charge in [0.05, 0.1) is 7.14 Å². The van der Waals surface area contributed by atoms with E-state index in [-0.39, 0.29) is 36.6 Å². The molecule has 74 heavy (non-hydrogen) atoms. The monoisotopic (exact) mass is 1170 g/mol. The first-order valence-electron chi connectivity index (χ1n) is 22.6. The summed E-state index contributed by atoms with van der Waals surface area (Å²) in [6, 6.07) is 52.7. The van der Waals surface area contributed by atoms with Crippen molar-refractivity contribution in [3.05, 3.63) is 281 Å². The summed E-state index contributed by atoms with van der Waals surface area (Å²) in [6.07, 6.45) is 2.78. The smallest absolute Gasteiger partial charge is 0.193 e. The number of aliphatic hydroxyl groups is 1. The fourth-order valence-electron chi connectivity index (χ4n) is 6.27. The van der Waals surface area contributed by atoms with Gasteiger partial charge in [-0.25, -0.2) is 17.6 Å². The van der Waals surface area contributed by atoms with Gasteiger partial charge in [0.25, 0.3) is 0 Å². The molecule has 0 radical (unpaired) electrons. The highest BCUT2D eigenvalue weighted by Gasteiger charge is 2.15. The molecule has 2 atom stereocenters. The van der Waals surface area contributed by atoms with Gasteiger partial charge in [0, 0.05) is 47.2 Å². The zero-order valence-electron chi connectivity index (χ0n) is 40.3. The summed E-state index contributed by atoms with van der Waals surface area (Å²) < 4.78 is 62.8. The van der Waals surface area contributed by atoms with Crippen molar-refractivity contribution >= 4 is 81.5 Å². The SMILES string of the molecule is C.CCCC(c1cccc(F)c1)c1cccc(Cl)c1.CCP(C)(C)=O.Fc1cccc(Br)c1.O=C(c1cccc(F)c1)c1cccc(Cl)c1.O=Cc1cccc(Cl)c1.OC(c1cccc(F)c1)c1cccc(Cl)c1. The number of aldehydes is 1. The van der Waals surface area contributed by atoms with Crippen molar-refractivity contribution in [2.75, 3.05) is 19.5 Å². The number of halogens is 9. The molecule has 0 aromatic heterocycles. The van der Waals surface area contributed by atoms with Gasteiger partial charge in [0.15, 0.2) is 5.78 Å². The van der Waals surface area contributed by atoms with Crippen LogP contribution in [0.4, 0.5) is 17.6 Å². The molecule has 4 nitrogen and oxygen atoms in total. The number of hydrogen-bond donors (Lipinski definition) is 1. The van der Waals surface area contributed by atoms with Crippen molar-refractivity contribution in [1.29, 1.82) is 0 Å². The van der Waals surface area contributed by atoms with Crippen molar-refractivity contribution in [3.63, 3.8) is 0 Å². The number of benzene rings is 8. The Kier molecular flexibility index (Phi) is 30.0. The number of aliphatic hydroxyl groups excluding tert-OH is 1. The fourth-order valence-corrected chi connectivity index (χ4v) is 7.43. The second-order valence-corrected chi connectivity index (χ2v) is 22.8. The first-order valence-corrected chi connectivity index (χ1v) is 27.7. The summed E-state index contributed by atoms with van der Waals surface area (Å²) in [4.78, 5) is 22.0. The van der Waals surface area contributed by atoms with Crippen LogP contribution in [0, 0.1) is 23.3 Å². The molecule has 0 saturated heterocycles. The van der Waals surface area contributed by atoms with Crippen molar-refractivity contribution < 1.29 is 36.8 Å². The van der Waals surface area contributed by atoms with E-state index < -0.39 is 19.1 Å². The largest absolute Gasteiger partial charge is 0.384 e. The summed E-state index contributed by atoms with van der Waals surface area (Å²) in [6.45, 7) is 7.68. The molecule has 8 aromatic rings. The highest BCUT2D eigenvalue weighted by atomic mass is 79.9. The first kappa shape index (κ1) is 64.8. The molecule has 0 aliphatic carbocycles. The Hall–Kier alpha value is -5.35. The van der Waals surface area contributed by atoms with Gasteiger partial charge in [-0.15, -0.1) is 0 Å². The van der Waals surface area contributed by atoms with Gasteiger partial charge in [0.2, 0.25) is 0 Å². The number of ketones is 1. The predicted molar refractivity (Wildman–Crippen MR) is 305 cm³/mol. The average Bonchev–Trinajstić information content (AvgIpc) is 3.36. The molecule has 14 heteroatoms. The molecule has 0 bridgehead atoms. The molecular formula is C60H58BrCl4F4O4P. The maximum Gasteiger partial charge on any atom is 0.193 e. The third-order valence-electron chi connectivity index (χ3n) is 10.1. The molecule has 8 rings (SSSR count). The quantitative estimate of drug-likeness (QED) is 0.0641. The minimum atomic E-state index is -1.65. The molecule has 0 amide bonds. The van der Waals surface area contributed by atoms with Crippen molar-refractivity contribution in [1.82, 2.24) is 0 Å². The van der Waals surface area contributed by atoms with Crippen LogP contribution in [0.15, 0.2) is 199 Å². The van der Waals surface area contributed by atoms with Crippen LogP contribution in [0.3, 0.4) is 0 Å². The Morgan fingerprint density at radius 2 is 0.905 bits per heavy atom. The van der Waals surface area contributed by atoms with Gasteiger partial charge in [0.1, 0.15) is 35.7 Å². The van der Waals surface area contributed by atoms with E-state index in [1.807, 2.05) is 31.2 Å². The van der Waals surface area contributed by atoms with Crippen LogP contribution < -0.4 is 0 Å². The summed E-state index contributed by atoms with van der Waals surface area (Å²) in [5.74, 6) is -1.20. The Morgan fingerprint density at radius 1 is 0.541 bits per heavy atom. The minimum absolute atomic E-state index is 0. The van der Waals surface area contributed by atoms with E-state index in [1.165, 1.54) is 48.5 Å². The molecule has 0 saturated carbocycles. The summed E-state index contributed by atoms with van der Waals surface area (Å²) in [5, 5.41) is 12.4. The maximum absolute atomic E-state index is 13.3. The summed E-state index contributed by atoms with van der Waals surface area (Å²) in [7, 11) is -1.65. The zero-order valence-corrected chi connectivity index (χ0v) is 45.9. The summed E-state index contributed by atoms with van der Waals surface area (Å²) in [5.41, 5.74) is 4.72. The number of hydrogen-bond acceptors (Lipinski definition) is 4. The van der Waals surface area contributed by atoms with E-state index in [0.717, 1.165) is 45.9 Å². The van der Waals surface area contributed by atoms with E-state index in [4.69, 9.17) is 46.4 Å². The standard InChI is InChI=1S/C16H16ClF.C13H10ClFO.C13H8ClFO.C7H5ClO.C6H4BrF.C4H11OP.CH4/c1-2-5-16(12-6-3-8-14(17)10-12)13-7-4-9-15(18)11-13;2*14-11-5-1-3-9(7-11)13(16)10-4-2-6-12(15)8-10;8-7-3-1-2-6(4-7)5-9;7-5-2-1-3-6(8)4-5;1-4-6(2,3)5;/h3-4,6-11,16H,2,5H2,1H3;1-8,13,16H;1-8H;1-5H;1-4H;4H2,1-3H3;1H4. The molecule has 0 spiro atoms. The number of carbonyl (C=O) groups excluding carboxylic acids is 2. The second-order valence-electron chi connectivity index (χ2n) is 16.3. The first-order chi connectivity index (χ1) is 34.7. The van der Waals surface area contributed by atoms with Crippen LogP contribution in [0.2, 0.25) is 20.1 Å². The van der Waals surface area contributed by atoms with Gasteiger partial charge in [-0.3, -0.25) is 9.59 Å². The van der Waals surface area contributed by atoms with Gasteiger partial charge in [-0.1, -0.05) is 181 Å². The van der Waals surface area contributed by atoms with Crippen LogP contribution >= 0.6 is 69.5 Å². The van der Waals surface area contributed by atoms with Crippen LogP contribution in [0.25, 0.3) is 0 Å². The van der Waals surface area contributed by atoms with Crippen molar-refractivity contribution in [2.24, 2.45) is 0 Å². The fraction of sp³-hybridized carbons (Fsp3) is 0.167. The molecular weight excluding hydrogens is 1110 g/mol. The highest BCUT2D eigenvalue weighted by Crippen LogP contribution is 2.34. The van der Waals surface area contributed by atoms with E-state index in [9.17, 15) is 36.8 Å². The van der Waals surface area contributed by atoms with Gasteiger partial charge >= 0.3 is 0 Å². The molecule has 8 aromatic carbocycles. The third-order valence-corrected chi connectivity index (χ3v) is 13.1. The normalized spacial score (nSPS) is 10.9. The lowest BCUT2D eigenvalue weighted by molar-refractivity contribution is 0.103. The van der Waals surface area contributed by atoms with E-state index in [1.54, 1.807) is 129 Å². The Balaban J connectivity index is 0.000000315. The molecule has 1 N–H and O–H groups in total. The molecule has 2 unspecified atom stereocenters. The van der Waals surface area contributed by atoms with Gasteiger partial charge in [-0.2, -0.15) is 0 Å². The van der Waals surface area contributed by atoms with Gasteiger partial charge in [-0.05, 0) is 151 Å². The third kappa shape index (κ3) is 25.3. The lowest BCUT2D eigenvalue weighted by Gasteiger charge is -2.17. The van der Waals surface area contributed by atoms with Crippen molar-refractivity contribution in [3.8, 4) is 0 Å². The predicted octanol–water partition coefficient (Wildman–Crippen LogP) is 19.7.